The molecule has 1 heterocycles. The minimum atomic E-state index is -0.290. The number of benzene rings is 2. The lowest BCUT2D eigenvalue weighted by Crippen LogP contribution is -2.14. The maximum atomic E-state index is 12.2. The molecule has 7 heteroatoms. The first-order valence-electron chi connectivity index (χ1n) is 7.81. The summed E-state index contributed by atoms with van der Waals surface area (Å²) in [6.45, 7) is 0. The smallest absolute Gasteiger partial charge is 0.276 e. The van der Waals surface area contributed by atoms with Crippen molar-refractivity contribution < 1.29 is 9.53 Å². The molecule has 26 heavy (non-hydrogen) atoms. The number of carbonyl (C=O) groups is 1. The van der Waals surface area contributed by atoms with Gasteiger partial charge in [-0.3, -0.25) is 4.79 Å². The van der Waals surface area contributed by atoms with Gasteiger partial charge in [-0.2, -0.15) is 0 Å². The van der Waals surface area contributed by atoms with Gasteiger partial charge in [0.2, 0.25) is 0 Å². The number of para-hydroxylation sites is 1. The van der Waals surface area contributed by atoms with Crippen LogP contribution in [0.2, 0.25) is 5.02 Å². The van der Waals surface area contributed by atoms with Gasteiger partial charge in [0.1, 0.15) is 10.8 Å². The summed E-state index contributed by atoms with van der Waals surface area (Å²) >= 11 is 7.64. The SMILES string of the molecule is COc1ccc(CSc2ccc(C(=O)Nc3ccccc3)nn2)cc1Cl. The van der Waals surface area contributed by atoms with Crippen LogP contribution >= 0.6 is 23.4 Å². The molecule has 0 atom stereocenters. The van der Waals surface area contributed by atoms with E-state index in [1.165, 1.54) is 11.8 Å². The van der Waals surface area contributed by atoms with Crippen LogP contribution in [0.3, 0.4) is 0 Å². The van der Waals surface area contributed by atoms with E-state index in [0.29, 0.717) is 22.2 Å². The van der Waals surface area contributed by atoms with Crippen LogP contribution in [0.15, 0.2) is 65.7 Å². The Morgan fingerprint density at radius 1 is 1.12 bits per heavy atom. The summed E-state index contributed by atoms with van der Waals surface area (Å²) in [4.78, 5) is 12.2. The van der Waals surface area contributed by atoms with Gasteiger partial charge < -0.3 is 10.1 Å². The zero-order valence-corrected chi connectivity index (χ0v) is 15.6. The third-order valence-electron chi connectivity index (χ3n) is 3.51. The van der Waals surface area contributed by atoms with Crippen molar-refractivity contribution in [1.82, 2.24) is 10.2 Å². The van der Waals surface area contributed by atoms with Crippen LogP contribution in [-0.4, -0.2) is 23.2 Å². The van der Waals surface area contributed by atoms with E-state index in [4.69, 9.17) is 16.3 Å². The predicted octanol–water partition coefficient (Wildman–Crippen LogP) is 4.68. The van der Waals surface area contributed by atoms with Crippen molar-refractivity contribution in [1.29, 1.82) is 0 Å². The first kappa shape index (κ1) is 18.2. The summed E-state index contributed by atoms with van der Waals surface area (Å²) in [5.41, 5.74) is 2.04. The topological polar surface area (TPSA) is 64.1 Å². The molecule has 0 saturated heterocycles. The highest BCUT2D eigenvalue weighted by molar-refractivity contribution is 7.98. The Bertz CT molecular complexity index is 889. The fourth-order valence-corrected chi connectivity index (χ4v) is 3.23. The lowest BCUT2D eigenvalue weighted by atomic mass is 10.2. The summed E-state index contributed by atoms with van der Waals surface area (Å²) in [6, 6.07) is 18.3. The minimum Gasteiger partial charge on any atom is -0.495 e. The molecule has 1 amide bonds. The van der Waals surface area contributed by atoms with Gasteiger partial charge in [0.05, 0.1) is 12.1 Å². The third kappa shape index (κ3) is 4.74. The van der Waals surface area contributed by atoms with Crippen LogP contribution in [0.4, 0.5) is 5.69 Å². The van der Waals surface area contributed by atoms with Crippen molar-refractivity contribution in [2.24, 2.45) is 0 Å². The predicted molar refractivity (Wildman–Crippen MR) is 104 cm³/mol. The molecule has 0 aliphatic rings. The highest BCUT2D eigenvalue weighted by Gasteiger charge is 2.09. The average molecular weight is 386 g/mol. The second-order valence-corrected chi connectivity index (χ2v) is 6.74. The first-order valence-corrected chi connectivity index (χ1v) is 9.17. The maximum absolute atomic E-state index is 12.2. The Morgan fingerprint density at radius 2 is 1.92 bits per heavy atom. The zero-order valence-electron chi connectivity index (χ0n) is 14.0. The number of nitrogens with one attached hydrogen (secondary N) is 1. The number of methoxy groups -OCH3 is 1. The molecule has 0 saturated carbocycles. The fraction of sp³-hybridized carbons (Fsp3) is 0.105. The van der Waals surface area contributed by atoms with Gasteiger partial charge >= 0.3 is 0 Å². The van der Waals surface area contributed by atoms with E-state index in [2.05, 4.69) is 15.5 Å². The summed E-state index contributed by atoms with van der Waals surface area (Å²) < 4.78 is 5.14. The summed E-state index contributed by atoms with van der Waals surface area (Å²) in [5, 5.41) is 12.2. The normalized spacial score (nSPS) is 10.4. The number of amides is 1. The molecule has 0 unspecified atom stereocenters. The van der Waals surface area contributed by atoms with Crippen LogP contribution in [0, 0.1) is 0 Å². The number of carbonyl (C=O) groups excluding carboxylic acids is 1. The van der Waals surface area contributed by atoms with Crippen LogP contribution < -0.4 is 10.1 Å². The summed E-state index contributed by atoms with van der Waals surface area (Å²) in [6.07, 6.45) is 0. The van der Waals surface area contributed by atoms with Crippen LogP contribution in [0.1, 0.15) is 16.1 Å². The molecule has 0 aliphatic carbocycles. The Balaban J connectivity index is 1.59. The number of hydrogen-bond donors (Lipinski definition) is 1. The number of ether oxygens (including phenoxy) is 1. The molecule has 2 aromatic carbocycles. The van der Waals surface area contributed by atoms with Crippen LogP contribution in [-0.2, 0) is 5.75 Å². The van der Waals surface area contributed by atoms with Crippen molar-refractivity contribution >= 4 is 35.0 Å². The van der Waals surface area contributed by atoms with E-state index in [0.717, 1.165) is 10.6 Å². The fourth-order valence-electron chi connectivity index (χ4n) is 2.19. The molecule has 0 radical (unpaired) electrons. The number of hydrogen-bond acceptors (Lipinski definition) is 5. The number of anilines is 1. The molecule has 5 nitrogen and oxygen atoms in total. The number of aromatic nitrogens is 2. The quantitative estimate of drug-likeness (QED) is 0.624. The van der Waals surface area contributed by atoms with Gasteiger partial charge in [0.25, 0.3) is 5.91 Å². The molecular formula is C19H16ClN3O2S. The van der Waals surface area contributed by atoms with E-state index in [9.17, 15) is 4.79 Å². The monoisotopic (exact) mass is 385 g/mol. The second-order valence-electron chi connectivity index (χ2n) is 5.33. The standard InChI is InChI=1S/C19H16ClN3O2S/c1-25-17-9-7-13(11-15(17)20)12-26-18-10-8-16(22-23-18)19(24)21-14-5-3-2-4-6-14/h2-11H,12H2,1H3,(H,21,24). The highest BCUT2D eigenvalue weighted by Crippen LogP contribution is 2.28. The second kappa shape index (κ2) is 8.69. The molecule has 132 valence electrons. The number of rotatable bonds is 6. The maximum Gasteiger partial charge on any atom is 0.276 e. The van der Waals surface area contributed by atoms with E-state index < -0.39 is 0 Å². The summed E-state index contributed by atoms with van der Waals surface area (Å²) in [5.74, 6) is 1.05. The van der Waals surface area contributed by atoms with Crippen molar-refractivity contribution in [3.63, 3.8) is 0 Å². The van der Waals surface area contributed by atoms with Crippen molar-refractivity contribution in [2.75, 3.05) is 12.4 Å². The number of thioether (sulfide) groups is 1. The Labute approximate surface area is 160 Å². The van der Waals surface area contributed by atoms with E-state index in [-0.39, 0.29) is 11.6 Å². The number of nitrogens with zero attached hydrogens (tertiary/aromatic N) is 2. The molecule has 1 aromatic heterocycles. The first-order chi connectivity index (χ1) is 12.7. The Kier molecular flexibility index (Phi) is 6.09. The molecule has 0 fully saturated rings. The Morgan fingerprint density at radius 3 is 2.58 bits per heavy atom. The van der Waals surface area contributed by atoms with E-state index >= 15 is 0 Å². The molecule has 0 aliphatic heterocycles. The van der Waals surface area contributed by atoms with Crippen molar-refractivity contribution in [2.45, 2.75) is 10.8 Å². The third-order valence-corrected chi connectivity index (χ3v) is 4.79. The van der Waals surface area contributed by atoms with Gasteiger partial charge in [-0.1, -0.05) is 47.6 Å². The minimum absolute atomic E-state index is 0.269. The van der Waals surface area contributed by atoms with Gasteiger partial charge in [-0.25, -0.2) is 0 Å². The van der Waals surface area contributed by atoms with E-state index in [1.807, 2.05) is 48.5 Å². The molecule has 3 rings (SSSR count). The van der Waals surface area contributed by atoms with Gasteiger partial charge in [-0.15, -0.1) is 10.2 Å². The van der Waals surface area contributed by atoms with Gasteiger partial charge in [-0.05, 0) is 42.0 Å². The van der Waals surface area contributed by atoms with E-state index in [1.54, 1.807) is 19.2 Å². The van der Waals surface area contributed by atoms with Crippen LogP contribution in [0.25, 0.3) is 0 Å². The van der Waals surface area contributed by atoms with Crippen molar-refractivity contribution in [3.8, 4) is 5.75 Å². The summed E-state index contributed by atoms with van der Waals surface area (Å²) in [7, 11) is 1.58. The molecule has 3 aromatic rings. The molecule has 0 spiro atoms. The molecular weight excluding hydrogens is 370 g/mol. The zero-order chi connectivity index (χ0) is 18.4. The number of halogens is 1. The Hall–Kier alpha value is -2.57. The largest absolute Gasteiger partial charge is 0.495 e. The average Bonchev–Trinajstić information content (AvgIpc) is 2.67. The lowest BCUT2D eigenvalue weighted by Gasteiger charge is -2.06. The van der Waals surface area contributed by atoms with Gasteiger partial charge in [0, 0.05) is 11.4 Å². The molecule has 1 N–H and O–H groups in total. The highest BCUT2D eigenvalue weighted by atomic mass is 35.5. The van der Waals surface area contributed by atoms with Crippen LogP contribution in [0.5, 0.6) is 5.75 Å². The van der Waals surface area contributed by atoms with Gasteiger partial charge in [0.15, 0.2) is 5.69 Å². The van der Waals surface area contributed by atoms with Crippen molar-refractivity contribution in [3.05, 3.63) is 76.9 Å². The molecule has 0 bridgehead atoms. The lowest BCUT2D eigenvalue weighted by molar-refractivity contribution is 0.102.